The number of hydrogen-bond acceptors (Lipinski definition) is 8. The Morgan fingerprint density at radius 2 is 1.24 bits per heavy atom. The maximum Gasteiger partial charge on any atom is 0.338 e. The van der Waals surface area contributed by atoms with Crippen LogP contribution in [0.3, 0.4) is 0 Å². The average Bonchev–Trinajstić information content (AvgIpc) is 3.25. The van der Waals surface area contributed by atoms with Crippen LogP contribution in [0.4, 0.5) is 11.4 Å². The van der Waals surface area contributed by atoms with Gasteiger partial charge in [-0.1, -0.05) is 60.3 Å². The smallest absolute Gasteiger partial charge is 0.338 e. The first kappa shape index (κ1) is 34.7. The Bertz CT molecular complexity index is 1750. The Balaban J connectivity index is 1.42. The zero-order valence-electron chi connectivity index (χ0n) is 24.2. The lowest BCUT2D eigenvalue weighted by molar-refractivity contribution is -0.151. The van der Waals surface area contributed by atoms with Gasteiger partial charge in [0.25, 0.3) is 23.6 Å². The Labute approximate surface area is 283 Å². The molecular weight excluding hydrogens is 684 g/mol. The third-order valence-electron chi connectivity index (χ3n) is 6.52. The van der Waals surface area contributed by atoms with Crippen molar-refractivity contribution in [3.63, 3.8) is 0 Å². The fourth-order valence-electron chi connectivity index (χ4n) is 4.43. The van der Waals surface area contributed by atoms with Crippen LogP contribution >= 0.6 is 46.4 Å². The van der Waals surface area contributed by atoms with Crippen molar-refractivity contribution in [3.8, 4) is 0 Å². The van der Waals surface area contributed by atoms with Crippen LogP contribution in [-0.4, -0.2) is 59.7 Å². The first-order valence-electron chi connectivity index (χ1n) is 13.6. The van der Waals surface area contributed by atoms with E-state index in [0.29, 0.717) is 10.0 Å². The molecule has 2 N–H and O–H groups in total. The maximum atomic E-state index is 13.4. The highest BCUT2D eigenvalue weighted by Gasteiger charge is 2.44. The average molecular weight is 709 g/mol. The van der Waals surface area contributed by atoms with E-state index >= 15 is 0 Å². The molecular formula is C31H25Cl4N3O8. The zero-order valence-corrected chi connectivity index (χ0v) is 27.2. The summed E-state index contributed by atoms with van der Waals surface area (Å²) in [5, 5.41) is 6.03. The quantitative estimate of drug-likeness (QED) is 0.175. The number of carbonyl (C=O) groups is 6. The number of benzene rings is 3. The van der Waals surface area contributed by atoms with Gasteiger partial charge in [0.15, 0.2) is 13.2 Å². The van der Waals surface area contributed by atoms with Crippen LogP contribution in [0.15, 0.2) is 54.6 Å². The summed E-state index contributed by atoms with van der Waals surface area (Å²) < 4.78 is 10.3. The maximum absolute atomic E-state index is 13.4. The minimum absolute atomic E-state index is 0.0344. The molecule has 15 heteroatoms. The number of fused-ring (bicyclic) bond motifs is 1. The molecule has 3 aromatic carbocycles. The molecule has 0 aliphatic carbocycles. The highest BCUT2D eigenvalue weighted by molar-refractivity contribution is 6.36. The van der Waals surface area contributed by atoms with E-state index in [9.17, 15) is 28.8 Å². The summed E-state index contributed by atoms with van der Waals surface area (Å²) in [6.07, 6.45) is 0.0344. The summed E-state index contributed by atoms with van der Waals surface area (Å²) in [5.74, 6) is -5.15. The summed E-state index contributed by atoms with van der Waals surface area (Å²) in [4.78, 5) is 78.1. The first-order chi connectivity index (χ1) is 21.7. The zero-order chi connectivity index (χ0) is 33.7. The molecule has 240 valence electrons. The van der Waals surface area contributed by atoms with Crippen molar-refractivity contribution >= 4 is 93.3 Å². The van der Waals surface area contributed by atoms with Gasteiger partial charge in [-0.15, -0.1) is 0 Å². The fourth-order valence-corrected chi connectivity index (χ4v) is 5.10. The number of nitrogens with one attached hydrogen (secondary N) is 2. The molecule has 4 rings (SSSR count). The van der Waals surface area contributed by atoms with Gasteiger partial charge < -0.3 is 20.1 Å². The van der Waals surface area contributed by atoms with E-state index in [-0.39, 0.29) is 50.4 Å². The molecule has 0 spiro atoms. The minimum atomic E-state index is -1.37. The largest absolute Gasteiger partial charge is 0.454 e. The Morgan fingerprint density at radius 1 is 0.717 bits per heavy atom. The lowest BCUT2D eigenvalue weighted by Crippen LogP contribution is -2.46. The molecule has 1 aliphatic rings. The summed E-state index contributed by atoms with van der Waals surface area (Å²) in [6, 6.07) is 11.1. The van der Waals surface area contributed by atoms with Gasteiger partial charge in [0.1, 0.15) is 6.04 Å². The third kappa shape index (κ3) is 8.35. The molecule has 1 aliphatic heterocycles. The summed E-state index contributed by atoms with van der Waals surface area (Å²) in [5.41, 5.74) is 0.108. The van der Waals surface area contributed by atoms with Crippen LogP contribution in [-0.2, 0) is 23.9 Å². The summed E-state index contributed by atoms with van der Waals surface area (Å²) >= 11 is 23.9. The highest BCUT2D eigenvalue weighted by atomic mass is 35.5. The minimum Gasteiger partial charge on any atom is -0.454 e. The van der Waals surface area contributed by atoms with Gasteiger partial charge in [-0.05, 0) is 66.9 Å². The molecule has 0 fully saturated rings. The van der Waals surface area contributed by atoms with Crippen molar-refractivity contribution in [1.29, 1.82) is 0 Å². The molecule has 0 radical (unpaired) electrons. The normalized spacial score (nSPS) is 12.9. The predicted molar refractivity (Wildman–Crippen MR) is 172 cm³/mol. The van der Waals surface area contributed by atoms with Crippen LogP contribution in [0.1, 0.15) is 51.3 Å². The van der Waals surface area contributed by atoms with Gasteiger partial charge in [0.2, 0.25) is 0 Å². The van der Waals surface area contributed by atoms with Crippen LogP contribution in [0.25, 0.3) is 0 Å². The number of halogens is 4. The van der Waals surface area contributed by atoms with Gasteiger partial charge >= 0.3 is 11.9 Å². The summed E-state index contributed by atoms with van der Waals surface area (Å²) in [6.45, 7) is 2.14. The van der Waals surface area contributed by atoms with Gasteiger partial charge in [-0.3, -0.25) is 24.1 Å². The van der Waals surface area contributed by atoms with Crippen LogP contribution < -0.4 is 10.6 Å². The van der Waals surface area contributed by atoms with Crippen molar-refractivity contribution in [1.82, 2.24) is 4.90 Å². The number of nitrogens with zero attached hydrogens (tertiary/aromatic N) is 1. The van der Waals surface area contributed by atoms with Crippen LogP contribution in [0, 0.1) is 5.92 Å². The monoisotopic (exact) mass is 707 g/mol. The van der Waals surface area contributed by atoms with Gasteiger partial charge in [0, 0.05) is 10.0 Å². The molecule has 1 unspecified atom stereocenters. The number of carbonyl (C=O) groups excluding carboxylic acids is 6. The molecule has 46 heavy (non-hydrogen) atoms. The van der Waals surface area contributed by atoms with E-state index in [1.165, 1.54) is 48.5 Å². The molecule has 1 atom stereocenters. The molecule has 0 saturated heterocycles. The lowest BCUT2D eigenvalue weighted by atomic mass is 10.0. The number of anilines is 2. The van der Waals surface area contributed by atoms with Crippen LogP contribution in [0.2, 0.25) is 20.1 Å². The standard InChI is InChI=1S/C31H25Cl4N3O8/c1-15(2)9-25(31(44)46-14-27(40)37-24-12-18(33)5-8-22(24)35)38-28(41)19-6-3-16(10-20(19)29(38)42)30(43)45-13-26(39)36-23-11-17(32)4-7-21(23)34/h3-8,10-12,15,25H,9,13-14H2,1-2H3,(H,36,39)(H,37,40). The molecule has 1 heterocycles. The highest BCUT2D eigenvalue weighted by Crippen LogP contribution is 2.30. The second-order valence-corrected chi connectivity index (χ2v) is 12.1. The molecule has 0 bridgehead atoms. The topological polar surface area (TPSA) is 148 Å². The number of amides is 4. The Morgan fingerprint density at radius 3 is 1.78 bits per heavy atom. The number of ether oxygens (including phenoxy) is 2. The summed E-state index contributed by atoms with van der Waals surface area (Å²) in [7, 11) is 0. The molecule has 3 aromatic rings. The van der Waals surface area contributed by atoms with E-state index in [0.717, 1.165) is 11.0 Å². The second kappa shape index (κ2) is 15.0. The number of rotatable bonds is 11. The van der Waals surface area contributed by atoms with E-state index in [4.69, 9.17) is 55.9 Å². The van der Waals surface area contributed by atoms with E-state index in [1.54, 1.807) is 13.8 Å². The fraction of sp³-hybridized carbons (Fsp3) is 0.226. The van der Waals surface area contributed by atoms with E-state index in [2.05, 4.69) is 10.6 Å². The SMILES string of the molecule is CC(C)CC(C(=O)OCC(=O)Nc1cc(Cl)ccc1Cl)N1C(=O)c2ccc(C(=O)OCC(=O)Nc3cc(Cl)ccc3Cl)cc2C1=O. The van der Waals surface area contributed by atoms with E-state index < -0.39 is 54.8 Å². The van der Waals surface area contributed by atoms with Gasteiger partial charge in [0.05, 0.1) is 38.1 Å². The molecule has 0 aromatic heterocycles. The number of hydrogen-bond donors (Lipinski definition) is 2. The van der Waals surface area contributed by atoms with Crippen molar-refractivity contribution in [2.75, 3.05) is 23.8 Å². The third-order valence-corrected chi connectivity index (χ3v) is 7.65. The molecule has 0 saturated carbocycles. The van der Waals surface area contributed by atoms with E-state index in [1.807, 2.05) is 0 Å². The number of imide groups is 1. The van der Waals surface area contributed by atoms with Crippen molar-refractivity contribution < 1.29 is 38.2 Å². The molecule has 11 nitrogen and oxygen atoms in total. The van der Waals surface area contributed by atoms with Crippen LogP contribution in [0.5, 0.6) is 0 Å². The lowest BCUT2D eigenvalue weighted by Gasteiger charge is -2.25. The Kier molecular flexibility index (Phi) is 11.3. The van der Waals surface area contributed by atoms with Gasteiger partial charge in [-0.2, -0.15) is 0 Å². The molecule has 4 amide bonds. The first-order valence-corrected chi connectivity index (χ1v) is 15.1. The Hall–Kier alpha value is -4.16. The second-order valence-electron chi connectivity index (χ2n) is 10.4. The van der Waals surface area contributed by atoms with Crippen molar-refractivity contribution in [2.24, 2.45) is 5.92 Å². The number of esters is 2. The van der Waals surface area contributed by atoms with Crippen molar-refractivity contribution in [2.45, 2.75) is 26.3 Å². The predicted octanol–water partition coefficient (Wildman–Crippen LogP) is 6.29. The van der Waals surface area contributed by atoms with Crippen molar-refractivity contribution in [3.05, 3.63) is 91.4 Å². The van der Waals surface area contributed by atoms with Gasteiger partial charge in [-0.25, -0.2) is 9.59 Å².